The van der Waals surface area contributed by atoms with Gasteiger partial charge in [-0.25, -0.2) is 4.79 Å². The SMILES string of the molecule is COC(=O)C1COC(C(C)(C)C)N1C(=O)[O-]. The Morgan fingerprint density at radius 2 is 2.00 bits per heavy atom. The molecule has 1 aliphatic rings. The lowest BCUT2D eigenvalue weighted by Gasteiger charge is -2.36. The third-order valence-electron chi connectivity index (χ3n) is 2.43. The number of amides is 1. The Hall–Kier alpha value is -1.30. The van der Waals surface area contributed by atoms with Crippen LogP contribution in [0.1, 0.15) is 20.8 Å². The van der Waals surface area contributed by atoms with E-state index >= 15 is 0 Å². The van der Waals surface area contributed by atoms with Gasteiger partial charge in [-0.2, -0.15) is 0 Å². The van der Waals surface area contributed by atoms with Crippen LogP contribution in [0.3, 0.4) is 0 Å². The van der Waals surface area contributed by atoms with Crippen molar-refractivity contribution in [3.8, 4) is 0 Å². The van der Waals surface area contributed by atoms with E-state index in [0.29, 0.717) is 0 Å². The molecule has 0 aliphatic carbocycles. The summed E-state index contributed by atoms with van der Waals surface area (Å²) in [5.41, 5.74) is -0.428. The van der Waals surface area contributed by atoms with E-state index in [4.69, 9.17) is 4.74 Å². The smallest absolute Gasteiger partial charge is 0.331 e. The molecule has 1 amide bonds. The first-order chi connectivity index (χ1) is 7.29. The van der Waals surface area contributed by atoms with Gasteiger partial charge in [0.2, 0.25) is 0 Å². The van der Waals surface area contributed by atoms with Gasteiger partial charge in [0, 0.05) is 5.41 Å². The summed E-state index contributed by atoms with van der Waals surface area (Å²) in [4.78, 5) is 23.3. The highest BCUT2D eigenvalue weighted by Crippen LogP contribution is 2.31. The molecule has 6 nitrogen and oxygen atoms in total. The van der Waals surface area contributed by atoms with E-state index in [1.807, 2.05) is 20.8 Å². The minimum Gasteiger partial charge on any atom is -0.530 e. The predicted octanol–water partition coefficient (Wildman–Crippen LogP) is -0.424. The van der Waals surface area contributed by atoms with E-state index in [1.54, 1.807) is 0 Å². The fourth-order valence-electron chi connectivity index (χ4n) is 1.71. The fourth-order valence-corrected chi connectivity index (χ4v) is 1.71. The number of carbonyl (C=O) groups is 2. The number of methoxy groups -OCH3 is 1. The molecule has 1 aliphatic heterocycles. The zero-order chi connectivity index (χ0) is 12.5. The second kappa shape index (κ2) is 4.29. The summed E-state index contributed by atoms with van der Waals surface area (Å²) in [6, 6.07) is -0.931. The third-order valence-corrected chi connectivity index (χ3v) is 2.43. The average Bonchev–Trinajstić information content (AvgIpc) is 2.59. The molecule has 0 N–H and O–H groups in total. The van der Waals surface area contributed by atoms with Crippen LogP contribution in [0.15, 0.2) is 0 Å². The summed E-state index contributed by atoms with van der Waals surface area (Å²) in [6.07, 6.45) is -2.12. The molecule has 1 rings (SSSR count). The lowest BCUT2D eigenvalue weighted by molar-refractivity contribution is -0.274. The van der Waals surface area contributed by atoms with Crippen LogP contribution < -0.4 is 5.11 Å². The molecule has 16 heavy (non-hydrogen) atoms. The maximum absolute atomic E-state index is 11.4. The Labute approximate surface area is 94.1 Å². The highest BCUT2D eigenvalue weighted by atomic mass is 16.6. The van der Waals surface area contributed by atoms with Crippen LogP contribution in [0, 0.1) is 5.41 Å². The second-order valence-corrected chi connectivity index (χ2v) is 4.76. The van der Waals surface area contributed by atoms with Crippen molar-refractivity contribution in [3.63, 3.8) is 0 Å². The van der Waals surface area contributed by atoms with Gasteiger partial charge >= 0.3 is 5.97 Å². The summed E-state index contributed by atoms with van der Waals surface area (Å²) in [5.74, 6) is -0.629. The largest absolute Gasteiger partial charge is 0.530 e. The minimum absolute atomic E-state index is 0.00257. The van der Waals surface area contributed by atoms with Gasteiger partial charge in [-0.05, 0) is 0 Å². The van der Waals surface area contributed by atoms with Crippen LogP contribution in [0.2, 0.25) is 0 Å². The van der Waals surface area contributed by atoms with Crippen LogP contribution in [0.5, 0.6) is 0 Å². The second-order valence-electron chi connectivity index (χ2n) is 4.76. The van der Waals surface area contributed by atoms with Gasteiger partial charge in [0.25, 0.3) is 0 Å². The summed E-state index contributed by atoms with van der Waals surface area (Å²) in [7, 11) is 1.21. The summed E-state index contributed by atoms with van der Waals surface area (Å²) < 4.78 is 9.85. The fraction of sp³-hybridized carbons (Fsp3) is 0.800. The Balaban J connectivity index is 2.94. The van der Waals surface area contributed by atoms with E-state index in [0.717, 1.165) is 4.90 Å². The molecule has 92 valence electrons. The van der Waals surface area contributed by atoms with Crippen molar-refractivity contribution in [1.29, 1.82) is 0 Å². The molecular weight excluding hydrogens is 214 g/mol. The number of nitrogens with zero attached hydrogens (tertiary/aromatic N) is 1. The first kappa shape index (κ1) is 12.8. The van der Waals surface area contributed by atoms with Crippen LogP contribution >= 0.6 is 0 Å². The predicted molar refractivity (Wildman–Crippen MR) is 52.2 cm³/mol. The molecular formula is C10H16NO5-. The molecule has 0 bridgehead atoms. The lowest BCUT2D eigenvalue weighted by Crippen LogP contribution is -2.55. The zero-order valence-corrected chi connectivity index (χ0v) is 9.85. The highest BCUT2D eigenvalue weighted by molar-refractivity contribution is 5.81. The van der Waals surface area contributed by atoms with Crippen molar-refractivity contribution in [3.05, 3.63) is 0 Å². The van der Waals surface area contributed by atoms with Crippen molar-refractivity contribution < 1.29 is 24.2 Å². The Kier molecular flexibility index (Phi) is 3.42. The zero-order valence-electron chi connectivity index (χ0n) is 9.85. The van der Waals surface area contributed by atoms with E-state index in [2.05, 4.69) is 4.74 Å². The van der Waals surface area contributed by atoms with Gasteiger partial charge in [0.05, 0.1) is 13.7 Å². The quantitative estimate of drug-likeness (QED) is 0.571. The average molecular weight is 230 g/mol. The lowest BCUT2D eigenvalue weighted by atomic mass is 9.93. The van der Waals surface area contributed by atoms with Crippen molar-refractivity contribution in [1.82, 2.24) is 4.90 Å². The Morgan fingerprint density at radius 3 is 2.38 bits per heavy atom. The molecule has 0 aromatic rings. The molecule has 2 atom stereocenters. The van der Waals surface area contributed by atoms with Crippen LogP contribution in [-0.4, -0.2) is 42.9 Å². The van der Waals surface area contributed by atoms with Gasteiger partial charge in [-0.1, -0.05) is 20.8 Å². The van der Waals surface area contributed by atoms with E-state index in [1.165, 1.54) is 7.11 Å². The van der Waals surface area contributed by atoms with Crippen LogP contribution in [0.4, 0.5) is 4.79 Å². The van der Waals surface area contributed by atoms with Crippen LogP contribution in [0.25, 0.3) is 0 Å². The number of hydrogen-bond acceptors (Lipinski definition) is 5. The minimum atomic E-state index is -1.42. The maximum atomic E-state index is 11.4. The standard InChI is InChI=1S/C10H17NO5/c1-10(2,3)8-11(9(13)14)6(5-16-8)7(12)15-4/h6,8H,5H2,1-4H3,(H,13,14)/p-1. The number of carbonyl (C=O) groups excluding carboxylic acids is 2. The highest BCUT2D eigenvalue weighted by Gasteiger charge is 2.44. The number of rotatable bonds is 1. The maximum Gasteiger partial charge on any atom is 0.331 e. The summed E-state index contributed by atoms with van der Waals surface area (Å²) in [5, 5.41) is 11.0. The summed E-state index contributed by atoms with van der Waals surface area (Å²) >= 11 is 0. The molecule has 0 aromatic carbocycles. The van der Waals surface area contributed by atoms with Gasteiger partial charge < -0.3 is 24.3 Å². The molecule has 2 unspecified atom stereocenters. The third kappa shape index (κ3) is 2.27. The molecule has 0 aromatic heterocycles. The molecule has 0 radical (unpaired) electrons. The summed E-state index contributed by atoms with van der Waals surface area (Å²) in [6.45, 7) is 5.48. The molecule has 0 spiro atoms. The van der Waals surface area contributed by atoms with Crippen LogP contribution in [-0.2, 0) is 14.3 Å². The topological polar surface area (TPSA) is 78.9 Å². The van der Waals surface area contributed by atoms with Gasteiger partial charge in [-0.15, -0.1) is 0 Å². The van der Waals surface area contributed by atoms with E-state index in [9.17, 15) is 14.7 Å². The molecule has 1 heterocycles. The van der Waals surface area contributed by atoms with E-state index < -0.39 is 29.7 Å². The molecule has 1 saturated heterocycles. The monoisotopic (exact) mass is 230 g/mol. The number of carboxylic acid groups (broad SMARTS) is 1. The first-order valence-electron chi connectivity index (χ1n) is 4.97. The van der Waals surface area contributed by atoms with Gasteiger partial charge in [0.15, 0.2) is 6.04 Å². The van der Waals surface area contributed by atoms with E-state index in [-0.39, 0.29) is 6.61 Å². The number of esters is 1. The van der Waals surface area contributed by atoms with Gasteiger partial charge in [-0.3, -0.25) is 0 Å². The number of hydrogen-bond donors (Lipinski definition) is 0. The van der Waals surface area contributed by atoms with Crippen molar-refractivity contribution in [2.75, 3.05) is 13.7 Å². The molecule has 1 fully saturated rings. The first-order valence-corrected chi connectivity index (χ1v) is 4.97. The Bertz CT molecular complexity index is 296. The normalized spacial score (nSPS) is 25.6. The number of ether oxygens (including phenoxy) is 2. The van der Waals surface area contributed by atoms with Gasteiger partial charge in [0.1, 0.15) is 12.3 Å². The molecule has 0 saturated carbocycles. The van der Waals surface area contributed by atoms with Crippen molar-refractivity contribution >= 4 is 12.1 Å². The van der Waals surface area contributed by atoms with Crippen molar-refractivity contribution in [2.24, 2.45) is 5.41 Å². The Morgan fingerprint density at radius 1 is 1.44 bits per heavy atom. The van der Waals surface area contributed by atoms with Crippen molar-refractivity contribution in [2.45, 2.75) is 33.0 Å². The molecule has 6 heteroatoms.